The number of pyridine rings is 2. The summed E-state index contributed by atoms with van der Waals surface area (Å²) < 4.78 is 7.53. The second-order valence-corrected chi connectivity index (χ2v) is 6.96. The molecule has 7 heteroatoms. The molecule has 30 heavy (non-hydrogen) atoms. The molecule has 0 radical (unpaired) electrons. The predicted molar refractivity (Wildman–Crippen MR) is 113 cm³/mol. The van der Waals surface area contributed by atoms with E-state index in [1.807, 2.05) is 43.3 Å². The van der Waals surface area contributed by atoms with Gasteiger partial charge >= 0.3 is 0 Å². The van der Waals surface area contributed by atoms with Crippen molar-refractivity contribution >= 4 is 10.9 Å². The van der Waals surface area contributed by atoms with E-state index in [0.29, 0.717) is 34.5 Å². The summed E-state index contributed by atoms with van der Waals surface area (Å²) in [6.07, 6.45) is 4.93. The van der Waals surface area contributed by atoms with Crippen LogP contribution in [0.1, 0.15) is 11.4 Å². The van der Waals surface area contributed by atoms with Gasteiger partial charge in [0.2, 0.25) is 11.8 Å². The number of hydrogen-bond donors (Lipinski definition) is 0. The van der Waals surface area contributed by atoms with E-state index >= 15 is 0 Å². The normalized spacial score (nSPS) is 11.1. The zero-order valence-corrected chi connectivity index (χ0v) is 16.4. The Labute approximate surface area is 171 Å². The fourth-order valence-corrected chi connectivity index (χ4v) is 3.29. The van der Waals surface area contributed by atoms with Crippen LogP contribution < -0.4 is 5.56 Å². The minimum atomic E-state index is -0.275. The van der Waals surface area contributed by atoms with Gasteiger partial charge in [0, 0.05) is 29.5 Å². The van der Waals surface area contributed by atoms with Gasteiger partial charge in [0.15, 0.2) is 0 Å². The molecule has 0 saturated heterocycles. The summed E-state index contributed by atoms with van der Waals surface area (Å²) in [5.74, 6) is 1.25. The number of oxazole rings is 1. The Morgan fingerprint density at radius 1 is 0.900 bits per heavy atom. The van der Waals surface area contributed by atoms with Gasteiger partial charge in [-0.2, -0.15) is 0 Å². The molecule has 5 aromatic rings. The van der Waals surface area contributed by atoms with Crippen molar-refractivity contribution in [3.05, 3.63) is 88.9 Å². The van der Waals surface area contributed by atoms with Crippen LogP contribution in [0.3, 0.4) is 0 Å². The van der Waals surface area contributed by atoms with Gasteiger partial charge in [-0.25, -0.2) is 15.0 Å². The Hall–Kier alpha value is -4.13. The van der Waals surface area contributed by atoms with Crippen molar-refractivity contribution in [3.8, 4) is 28.7 Å². The van der Waals surface area contributed by atoms with E-state index in [1.54, 1.807) is 37.6 Å². The summed E-state index contributed by atoms with van der Waals surface area (Å²) in [6.45, 7) is 3.82. The number of nitrogens with zero attached hydrogens (tertiary/aromatic N) is 5. The third kappa shape index (κ3) is 3.06. The van der Waals surface area contributed by atoms with Crippen molar-refractivity contribution in [1.29, 1.82) is 0 Å². The van der Waals surface area contributed by atoms with Gasteiger partial charge in [-0.1, -0.05) is 35.9 Å². The highest BCUT2D eigenvalue weighted by molar-refractivity contribution is 5.78. The van der Waals surface area contributed by atoms with Gasteiger partial charge in [0.1, 0.15) is 22.7 Å². The van der Waals surface area contributed by atoms with Crippen LogP contribution in [0.25, 0.3) is 39.6 Å². The van der Waals surface area contributed by atoms with Crippen molar-refractivity contribution in [2.45, 2.75) is 13.8 Å². The summed E-state index contributed by atoms with van der Waals surface area (Å²) in [5.41, 5.74) is 3.16. The van der Waals surface area contributed by atoms with E-state index in [2.05, 4.69) is 19.9 Å². The van der Waals surface area contributed by atoms with Gasteiger partial charge in [0.05, 0.1) is 0 Å². The average Bonchev–Trinajstić information content (AvgIpc) is 3.20. The van der Waals surface area contributed by atoms with Crippen LogP contribution in [0, 0.1) is 13.8 Å². The number of rotatable bonds is 3. The van der Waals surface area contributed by atoms with E-state index in [0.717, 1.165) is 16.5 Å². The van der Waals surface area contributed by atoms with Gasteiger partial charge < -0.3 is 4.42 Å². The third-order valence-electron chi connectivity index (χ3n) is 4.81. The molecule has 0 saturated carbocycles. The SMILES string of the molecule is Cc1ccc(-c2nc(-c3ccnc(C)n3)oc2-n2ccc3cccnc3c2=O)cc1. The molecular formula is C23H17N5O2. The van der Waals surface area contributed by atoms with Crippen molar-refractivity contribution in [3.63, 3.8) is 0 Å². The zero-order chi connectivity index (χ0) is 20.7. The molecule has 5 rings (SSSR count). The monoisotopic (exact) mass is 395 g/mol. The van der Waals surface area contributed by atoms with Crippen LogP contribution in [0.5, 0.6) is 0 Å². The topological polar surface area (TPSA) is 86.7 Å². The zero-order valence-electron chi connectivity index (χ0n) is 16.4. The molecule has 4 heterocycles. The first kappa shape index (κ1) is 17.9. The number of fused-ring (bicyclic) bond motifs is 1. The Balaban J connectivity index is 1.77. The van der Waals surface area contributed by atoms with E-state index in [1.165, 1.54) is 4.57 Å². The summed E-state index contributed by atoms with van der Waals surface area (Å²) >= 11 is 0. The van der Waals surface area contributed by atoms with Gasteiger partial charge in [-0.05, 0) is 32.0 Å². The van der Waals surface area contributed by atoms with Crippen molar-refractivity contribution in [2.24, 2.45) is 0 Å². The molecule has 0 aliphatic carbocycles. The predicted octanol–water partition coefficient (Wildman–Crippen LogP) is 4.11. The van der Waals surface area contributed by atoms with Crippen LogP contribution in [-0.2, 0) is 0 Å². The van der Waals surface area contributed by atoms with E-state index in [9.17, 15) is 4.79 Å². The molecule has 0 aliphatic heterocycles. The second-order valence-electron chi connectivity index (χ2n) is 6.96. The average molecular weight is 395 g/mol. The van der Waals surface area contributed by atoms with Crippen LogP contribution in [0.4, 0.5) is 0 Å². The van der Waals surface area contributed by atoms with Crippen molar-refractivity contribution < 1.29 is 4.42 Å². The van der Waals surface area contributed by atoms with Crippen LogP contribution in [0.15, 0.2) is 76.3 Å². The van der Waals surface area contributed by atoms with E-state index < -0.39 is 0 Å². The van der Waals surface area contributed by atoms with Crippen molar-refractivity contribution in [1.82, 2.24) is 24.5 Å². The van der Waals surface area contributed by atoms with Gasteiger partial charge in [-0.3, -0.25) is 14.3 Å². The number of hydrogen-bond acceptors (Lipinski definition) is 6. The van der Waals surface area contributed by atoms with E-state index in [4.69, 9.17) is 4.42 Å². The standard InChI is InChI=1S/C23H17N5O2/c1-14-5-7-17(8-6-14)20-23(30-21(27-20)18-9-12-24-15(2)26-18)28-13-10-16-4-3-11-25-19(16)22(28)29/h3-13H,1-2H3. The number of aryl methyl sites for hydroxylation is 2. The number of benzene rings is 1. The molecule has 0 fully saturated rings. The van der Waals surface area contributed by atoms with Crippen molar-refractivity contribution in [2.75, 3.05) is 0 Å². The maximum atomic E-state index is 13.2. The molecule has 7 nitrogen and oxygen atoms in total. The van der Waals surface area contributed by atoms with Crippen LogP contribution in [-0.4, -0.2) is 24.5 Å². The molecule has 4 aromatic heterocycles. The van der Waals surface area contributed by atoms with Crippen LogP contribution >= 0.6 is 0 Å². The maximum absolute atomic E-state index is 13.2. The quantitative estimate of drug-likeness (QED) is 0.457. The molecule has 0 spiro atoms. The molecular weight excluding hydrogens is 378 g/mol. The highest BCUT2D eigenvalue weighted by Crippen LogP contribution is 2.31. The lowest BCUT2D eigenvalue weighted by atomic mass is 10.1. The summed E-state index contributed by atoms with van der Waals surface area (Å²) in [5, 5.41) is 0.766. The molecule has 0 aliphatic rings. The lowest BCUT2D eigenvalue weighted by Gasteiger charge is -2.06. The summed E-state index contributed by atoms with van der Waals surface area (Å²) in [6, 6.07) is 15.1. The minimum Gasteiger partial charge on any atom is -0.417 e. The smallest absolute Gasteiger partial charge is 0.283 e. The summed E-state index contributed by atoms with van der Waals surface area (Å²) in [7, 11) is 0. The fourth-order valence-electron chi connectivity index (χ4n) is 3.29. The molecule has 0 unspecified atom stereocenters. The molecule has 1 aromatic carbocycles. The Kier molecular flexibility index (Phi) is 4.21. The fraction of sp³-hybridized carbons (Fsp3) is 0.0870. The highest BCUT2D eigenvalue weighted by Gasteiger charge is 2.20. The lowest BCUT2D eigenvalue weighted by Crippen LogP contribution is -2.18. The van der Waals surface area contributed by atoms with Crippen LogP contribution in [0.2, 0.25) is 0 Å². The third-order valence-corrected chi connectivity index (χ3v) is 4.81. The summed E-state index contributed by atoms with van der Waals surface area (Å²) in [4.78, 5) is 30.6. The first-order valence-corrected chi connectivity index (χ1v) is 9.45. The molecule has 0 amide bonds. The molecule has 0 N–H and O–H groups in total. The first-order valence-electron chi connectivity index (χ1n) is 9.45. The molecule has 146 valence electrons. The Bertz CT molecular complexity index is 1430. The Morgan fingerprint density at radius 2 is 1.73 bits per heavy atom. The van der Waals surface area contributed by atoms with Gasteiger partial charge in [-0.15, -0.1) is 0 Å². The first-order chi connectivity index (χ1) is 14.6. The highest BCUT2D eigenvalue weighted by atomic mass is 16.4. The largest absolute Gasteiger partial charge is 0.417 e. The minimum absolute atomic E-state index is 0.275. The maximum Gasteiger partial charge on any atom is 0.283 e. The Morgan fingerprint density at radius 3 is 2.53 bits per heavy atom. The second kappa shape index (κ2) is 7.04. The molecule has 0 atom stereocenters. The van der Waals surface area contributed by atoms with E-state index in [-0.39, 0.29) is 5.56 Å². The number of aromatic nitrogens is 5. The lowest BCUT2D eigenvalue weighted by molar-refractivity contribution is 0.540. The molecule has 0 bridgehead atoms. The van der Waals surface area contributed by atoms with Gasteiger partial charge in [0.25, 0.3) is 5.56 Å².